The lowest BCUT2D eigenvalue weighted by molar-refractivity contribution is 0.106. The minimum absolute atomic E-state index is 0.0271. The molecule has 2 heterocycles. The van der Waals surface area contributed by atoms with Gasteiger partial charge in [-0.2, -0.15) is 0 Å². The highest BCUT2D eigenvalue weighted by Crippen LogP contribution is 2.16. The van der Waals surface area contributed by atoms with E-state index in [1.165, 1.54) is 0 Å². The van der Waals surface area contributed by atoms with Crippen LogP contribution in [0, 0.1) is 0 Å². The number of ether oxygens (including phenoxy) is 1. The molecule has 1 aliphatic rings. The highest BCUT2D eigenvalue weighted by atomic mass is 16.5. The molecule has 1 atom stereocenters. The number of aliphatic hydroxyl groups excluding tert-OH is 1. The van der Waals surface area contributed by atoms with Crippen molar-refractivity contribution in [2.45, 2.75) is 25.7 Å². The van der Waals surface area contributed by atoms with Crippen LogP contribution < -0.4 is 0 Å². The molecule has 1 saturated heterocycles. The summed E-state index contributed by atoms with van der Waals surface area (Å²) >= 11 is 0. The standard InChI is InChI=1S/C11H17NO3/c1-14-9-4-5-12(6-9)7-10-2-3-11(8-13)15-10/h2-3,9,13H,4-8H2,1H3/t9-/m1/s1. The average molecular weight is 211 g/mol. The van der Waals surface area contributed by atoms with Crippen molar-refractivity contribution in [3.8, 4) is 0 Å². The summed E-state index contributed by atoms with van der Waals surface area (Å²) in [6, 6.07) is 3.74. The number of rotatable bonds is 4. The minimum atomic E-state index is -0.0271. The van der Waals surface area contributed by atoms with Crippen molar-refractivity contribution in [1.82, 2.24) is 4.90 Å². The molecule has 1 aromatic rings. The van der Waals surface area contributed by atoms with E-state index in [9.17, 15) is 0 Å². The van der Waals surface area contributed by atoms with Crippen LogP contribution in [0.15, 0.2) is 16.5 Å². The summed E-state index contributed by atoms with van der Waals surface area (Å²) in [6.45, 7) is 2.79. The molecule has 2 rings (SSSR count). The van der Waals surface area contributed by atoms with Crippen LogP contribution >= 0.6 is 0 Å². The van der Waals surface area contributed by atoms with Crippen molar-refractivity contribution >= 4 is 0 Å². The first kappa shape index (κ1) is 10.7. The van der Waals surface area contributed by atoms with Crippen LogP contribution in [0.3, 0.4) is 0 Å². The Kier molecular flexibility index (Phi) is 3.41. The Bertz CT molecular complexity index is 311. The topological polar surface area (TPSA) is 45.8 Å². The second-order valence-corrected chi connectivity index (χ2v) is 3.91. The van der Waals surface area contributed by atoms with E-state index in [0.717, 1.165) is 31.8 Å². The first-order chi connectivity index (χ1) is 7.31. The molecule has 4 heteroatoms. The normalized spacial score (nSPS) is 22.4. The third kappa shape index (κ3) is 2.59. The lowest BCUT2D eigenvalue weighted by Crippen LogP contribution is -2.22. The van der Waals surface area contributed by atoms with E-state index in [0.29, 0.717) is 11.9 Å². The molecule has 0 amide bonds. The van der Waals surface area contributed by atoms with E-state index in [2.05, 4.69) is 4.90 Å². The number of hydrogen-bond acceptors (Lipinski definition) is 4. The molecule has 1 fully saturated rings. The average Bonchev–Trinajstić information content (AvgIpc) is 2.87. The van der Waals surface area contributed by atoms with Crippen molar-refractivity contribution in [2.24, 2.45) is 0 Å². The maximum absolute atomic E-state index is 8.86. The Morgan fingerprint density at radius 1 is 1.53 bits per heavy atom. The fourth-order valence-electron chi connectivity index (χ4n) is 1.95. The molecule has 0 spiro atoms. The van der Waals surface area contributed by atoms with E-state index < -0.39 is 0 Å². The molecule has 1 N–H and O–H groups in total. The van der Waals surface area contributed by atoms with Crippen LogP contribution in [0.25, 0.3) is 0 Å². The third-order valence-electron chi connectivity index (χ3n) is 2.82. The Hall–Kier alpha value is -0.840. The molecule has 15 heavy (non-hydrogen) atoms. The van der Waals surface area contributed by atoms with E-state index in [-0.39, 0.29) is 6.61 Å². The highest BCUT2D eigenvalue weighted by molar-refractivity contribution is 5.06. The summed E-state index contributed by atoms with van der Waals surface area (Å²) in [4.78, 5) is 2.30. The zero-order valence-corrected chi connectivity index (χ0v) is 8.98. The zero-order valence-electron chi connectivity index (χ0n) is 8.98. The second-order valence-electron chi connectivity index (χ2n) is 3.91. The molecule has 0 aromatic carbocycles. The van der Waals surface area contributed by atoms with E-state index in [1.807, 2.05) is 12.1 Å². The monoisotopic (exact) mass is 211 g/mol. The van der Waals surface area contributed by atoms with Crippen LogP contribution in [0.1, 0.15) is 17.9 Å². The second kappa shape index (κ2) is 4.79. The molecule has 0 aliphatic carbocycles. The van der Waals surface area contributed by atoms with Crippen LogP contribution in [0.2, 0.25) is 0 Å². The van der Waals surface area contributed by atoms with Gasteiger partial charge >= 0.3 is 0 Å². The van der Waals surface area contributed by atoms with Crippen molar-refractivity contribution in [3.63, 3.8) is 0 Å². The smallest absolute Gasteiger partial charge is 0.129 e. The molecule has 84 valence electrons. The first-order valence-electron chi connectivity index (χ1n) is 5.25. The highest BCUT2D eigenvalue weighted by Gasteiger charge is 2.22. The number of furan rings is 1. The number of nitrogens with zero attached hydrogens (tertiary/aromatic N) is 1. The molecule has 4 nitrogen and oxygen atoms in total. The van der Waals surface area contributed by atoms with Gasteiger partial charge in [-0.3, -0.25) is 4.90 Å². The lowest BCUT2D eigenvalue weighted by Gasteiger charge is -2.13. The van der Waals surface area contributed by atoms with Crippen LogP contribution in [0.4, 0.5) is 0 Å². The van der Waals surface area contributed by atoms with Gasteiger partial charge in [0.1, 0.15) is 18.1 Å². The maximum Gasteiger partial charge on any atom is 0.129 e. The van der Waals surface area contributed by atoms with Gasteiger partial charge < -0.3 is 14.3 Å². The van der Waals surface area contributed by atoms with Crippen molar-refractivity contribution in [1.29, 1.82) is 0 Å². The summed E-state index contributed by atoms with van der Waals surface area (Å²) in [6.07, 6.45) is 1.45. The van der Waals surface area contributed by atoms with E-state index >= 15 is 0 Å². The zero-order chi connectivity index (χ0) is 10.7. The SMILES string of the molecule is CO[C@@H]1CCN(Cc2ccc(CO)o2)C1. The molecular weight excluding hydrogens is 194 g/mol. The number of aliphatic hydroxyl groups is 1. The van der Waals surface area contributed by atoms with Crippen LogP contribution in [-0.4, -0.2) is 36.3 Å². The molecule has 0 bridgehead atoms. The fourth-order valence-corrected chi connectivity index (χ4v) is 1.95. The Balaban J connectivity index is 1.87. The van der Waals surface area contributed by atoms with Gasteiger partial charge in [0.15, 0.2) is 0 Å². The Morgan fingerprint density at radius 2 is 2.33 bits per heavy atom. The fraction of sp³-hybridized carbons (Fsp3) is 0.636. The quantitative estimate of drug-likeness (QED) is 0.806. The van der Waals surface area contributed by atoms with Crippen LogP contribution in [0.5, 0.6) is 0 Å². The summed E-state index contributed by atoms with van der Waals surface area (Å²) in [5.41, 5.74) is 0. The van der Waals surface area contributed by atoms with Gasteiger partial charge in [-0.1, -0.05) is 0 Å². The first-order valence-corrected chi connectivity index (χ1v) is 5.25. The van der Waals surface area contributed by atoms with Crippen molar-refractivity contribution < 1.29 is 14.3 Å². The van der Waals surface area contributed by atoms with E-state index in [1.54, 1.807) is 7.11 Å². The number of hydrogen-bond donors (Lipinski definition) is 1. The molecular formula is C11H17NO3. The summed E-state index contributed by atoms with van der Waals surface area (Å²) in [5, 5.41) is 8.86. The molecule has 0 unspecified atom stereocenters. The number of likely N-dealkylation sites (tertiary alicyclic amines) is 1. The third-order valence-corrected chi connectivity index (χ3v) is 2.82. The molecule has 0 radical (unpaired) electrons. The predicted molar refractivity (Wildman–Crippen MR) is 55.3 cm³/mol. The summed E-state index contributed by atoms with van der Waals surface area (Å²) < 4.78 is 10.7. The summed E-state index contributed by atoms with van der Waals surface area (Å²) in [5.74, 6) is 1.54. The lowest BCUT2D eigenvalue weighted by atomic mass is 10.3. The van der Waals surface area contributed by atoms with Gasteiger partial charge in [-0.15, -0.1) is 0 Å². The predicted octanol–water partition coefficient (Wildman–Crippen LogP) is 0.993. The van der Waals surface area contributed by atoms with Crippen molar-refractivity contribution in [3.05, 3.63) is 23.7 Å². The molecule has 1 aliphatic heterocycles. The van der Waals surface area contributed by atoms with E-state index in [4.69, 9.17) is 14.3 Å². The summed E-state index contributed by atoms with van der Waals surface area (Å²) in [7, 11) is 1.75. The van der Waals surface area contributed by atoms with Gasteiger partial charge in [0.05, 0.1) is 12.6 Å². The molecule has 1 aromatic heterocycles. The van der Waals surface area contributed by atoms with Gasteiger partial charge in [0.2, 0.25) is 0 Å². The minimum Gasteiger partial charge on any atom is -0.462 e. The van der Waals surface area contributed by atoms with Gasteiger partial charge in [-0.05, 0) is 18.6 Å². The van der Waals surface area contributed by atoms with Gasteiger partial charge in [0, 0.05) is 20.2 Å². The molecule has 0 saturated carbocycles. The largest absolute Gasteiger partial charge is 0.462 e. The number of methoxy groups -OCH3 is 1. The maximum atomic E-state index is 8.86. The Morgan fingerprint density at radius 3 is 2.93 bits per heavy atom. The Labute approximate surface area is 89.4 Å². The van der Waals surface area contributed by atoms with Crippen LogP contribution in [-0.2, 0) is 17.9 Å². The van der Waals surface area contributed by atoms with Crippen molar-refractivity contribution in [2.75, 3.05) is 20.2 Å². The van der Waals surface area contributed by atoms with Gasteiger partial charge in [-0.25, -0.2) is 0 Å². The van der Waals surface area contributed by atoms with Gasteiger partial charge in [0.25, 0.3) is 0 Å².